The van der Waals surface area contributed by atoms with E-state index in [0.717, 1.165) is 13.1 Å². The molecule has 3 heteroatoms. The maximum absolute atomic E-state index is 12.1. The van der Waals surface area contributed by atoms with Crippen LogP contribution in [0, 0.1) is 11.8 Å². The van der Waals surface area contributed by atoms with Gasteiger partial charge in [0.15, 0.2) is 0 Å². The van der Waals surface area contributed by atoms with Crippen molar-refractivity contribution in [3.8, 4) is 0 Å². The van der Waals surface area contributed by atoms with Crippen LogP contribution in [0.25, 0.3) is 0 Å². The first kappa shape index (κ1) is 13.1. The van der Waals surface area contributed by atoms with E-state index >= 15 is 0 Å². The zero-order chi connectivity index (χ0) is 11.6. The number of hydrogen-bond acceptors (Lipinski definition) is 1. The zero-order valence-corrected chi connectivity index (χ0v) is 13.3. The van der Waals surface area contributed by atoms with E-state index in [1.54, 1.807) is 0 Å². The Morgan fingerprint density at radius 2 is 2.13 bits per heavy atom. The Balaban J connectivity index is 2.66. The average Bonchev–Trinajstić information content (AvgIpc) is 2.32. The fourth-order valence-corrected chi connectivity index (χ4v) is 7.72. The van der Waals surface area contributed by atoms with Crippen LogP contribution in [0.15, 0.2) is 12.7 Å². The summed E-state index contributed by atoms with van der Waals surface area (Å²) in [6.07, 6.45) is 1.83. The van der Waals surface area contributed by atoms with Crippen LogP contribution < -0.4 is 0 Å². The van der Waals surface area contributed by atoms with Crippen molar-refractivity contribution in [3.63, 3.8) is 0 Å². The summed E-state index contributed by atoms with van der Waals surface area (Å²) in [4.78, 5) is 21.3. The summed E-state index contributed by atoms with van der Waals surface area (Å²) in [5.74, 6) is 1.21. The molecule has 1 aliphatic rings. The molecule has 0 aromatic heterocycles. The molecule has 15 heavy (non-hydrogen) atoms. The van der Waals surface area contributed by atoms with Gasteiger partial charge in [0.05, 0.1) is 0 Å². The Bertz CT molecular complexity index is 257. The molecule has 1 amide bonds. The third kappa shape index (κ3) is 3.50. The summed E-state index contributed by atoms with van der Waals surface area (Å²) < 4.78 is 1.20. The molecule has 0 radical (unpaired) electrons. The molecule has 0 aromatic rings. The van der Waals surface area contributed by atoms with Crippen LogP contribution in [0.5, 0.6) is 0 Å². The molecule has 1 rings (SSSR count). The molecule has 0 N–H and O–H groups in total. The van der Waals surface area contributed by atoms with E-state index in [4.69, 9.17) is 0 Å². The first-order valence-electron chi connectivity index (χ1n) is 5.75. The normalized spacial score (nSPS) is 27.2. The molecule has 0 aliphatic carbocycles. The molecule has 1 heterocycles. The van der Waals surface area contributed by atoms with E-state index in [1.165, 1.54) is 4.44 Å². The second-order valence-electron chi connectivity index (χ2n) is 5.88. The van der Waals surface area contributed by atoms with E-state index < -0.39 is 18.4 Å². The Morgan fingerprint density at radius 3 is 2.60 bits per heavy atom. The summed E-state index contributed by atoms with van der Waals surface area (Å²) in [7, 11) is 0. The van der Waals surface area contributed by atoms with Gasteiger partial charge in [-0.05, 0) is 0 Å². The Morgan fingerprint density at radius 1 is 1.53 bits per heavy atom. The van der Waals surface area contributed by atoms with Crippen molar-refractivity contribution in [2.75, 3.05) is 13.1 Å². The molecule has 2 atom stereocenters. The van der Waals surface area contributed by atoms with Crippen molar-refractivity contribution in [1.82, 2.24) is 4.90 Å². The van der Waals surface area contributed by atoms with Crippen LogP contribution >= 0.6 is 0 Å². The standard InChI is InChI=1S/C9H14NO.3CH3.Sn/c1-4-5-10-6-7(2)8(3)9(10)11;;;;/h4,7-8H,1,3,5-6H2,2H3;3*1H3;/t7-,8+;;;;/m1..../s1. The summed E-state index contributed by atoms with van der Waals surface area (Å²) >= 11 is -1.83. The summed E-state index contributed by atoms with van der Waals surface area (Å²) in [5, 5.41) is 0. The van der Waals surface area contributed by atoms with Gasteiger partial charge in [0.2, 0.25) is 0 Å². The monoisotopic (exact) mass is 317 g/mol. The van der Waals surface area contributed by atoms with Gasteiger partial charge >= 0.3 is 97.7 Å². The molecule has 0 bridgehead atoms. The van der Waals surface area contributed by atoms with Gasteiger partial charge in [0.25, 0.3) is 0 Å². The molecule has 86 valence electrons. The first-order chi connectivity index (χ1) is 6.85. The maximum atomic E-state index is 12.1. The topological polar surface area (TPSA) is 20.3 Å². The minimum absolute atomic E-state index is 0.306. The number of carbonyl (C=O) groups excluding carboxylic acids is 1. The van der Waals surface area contributed by atoms with Gasteiger partial charge in [-0.2, -0.15) is 0 Å². The van der Waals surface area contributed by atoms with Gasteiger partial charge < -0.3 is 0 Å². The number of likely N-dealkylation sites (tertiary alicyclic amines) is 1. The van der Waals surface area contributed by atoms with E-state index in [9.17, 15) is 4.79 Å². The molecule has 2 nitrogen and oxygen atoms in total. The quantitative estimate of drug-likeness (QED) is 0.577. The van der Waals surface area contributed by atoms with Crippen molar-refractivity contribution in [1.29, 1.82) is 0 Å². The number of nitrogens with zero attached hydrogens (tertiary/aromatic N) is 1. The second kappa shape index (κ2) is 4.89. The Kier molecular flexibility index (Phi) is 4.27. The predicted octanol–water partition coefficient (Wildman–Crippen LogP) is 2.61. The van der Waals surface area contributed by atoms with Crippen molar-refractivity contribution in [2.24, 2.45) is 11.8 Å². The van der Waals surface area contributed by atoms with Gasteiger partial charge in [-0.3, -0.25) is 0 Å². The second-order valence-corrected chi connectivity index (χ2v) is 21.7. The molecule has 1 aliphatic heterocycles. The van der Waals surface area contributed by atoms with E-state index in [0.29, 0.717) is 17.7 Å². The van der Waals surface area contributed by atoms with Crippen LogP contribution in [-0.4, -0.2) is 42.3 Å². The average molecular weight is 316 g/mol. The Labute approximate surface area is 97.6 Å². The fourth-order valence-electron chi connectivity index (χ4n) is 2.31. The zero-order valence-electron chi connectivity index (χ0n) is 10.4. The summed E-state index contributed by atoms with van der Waals surface area (Å²) in [6, 6.07) is 0. The van der Waals surface area contributed by atoms with Crippen molar-refractivity contribution in [3.05, 3.63) is 12.7 Å². The number of rotatable bonds is 4. The number of amides is 1. The van der Waals surface area contributed by atoms with E-state index in [-0.39, 0.29) is 0 Å². The number of hydrogen-bond donors (Lipinski definition) is 0. The van der Waals surface area contributed by atoms with E-state index in [2.05, 4.69) is 28.3 Å². The molecular weight excluding hydrogens is 293 g/mol. The van der Waals surface area contributed by atoms with Gasteiger partial charge in [-0.25, -0.2) is 0 Å². The molecule has 0 aromatic carbocycles. The third-order valence-electron chi connectivity index (χ3n) is 3.01. The van der Waals surface area contributed by atoms with Crippen LogP contribution in [0.3, 0.4) is 0 Å². The van der Waals surface area contributed by atoms with Crippen LogP contribution in [0.2, 0.25) is 19.3 Å². The van der Waals surface area contributed by atoms with Crippen LogP contribution in [0.1, 0.15) is 6.92 Å². The Hall–Kier alpha value is 0.00870. The first-order valence-corrected chi connectivity index (χ1v) is 16.3. The van der Waals surface area contributed by atoms with Gasteiger partial charge in [-0.15, -0.1) is 0 Å². The minimum atomic E-state index is -1.83. The molecule has 0 saturated carbocycles. The molecular formula is C12H23NOSn. The van der Waals surface area contributed by atoms with Crippen molar-refractivity contribution >= 4 is 24.3 Å². The predicted molar refractivity (Wildman–Crippen MR) is 67.6 cm³/mol. The molecule has 0 unspecified atom stereocenters. The van der Waals surface area contributed by atoms with Gasteiger partial charge in [0.1, 0.15) is 0 Å². The molecule has 0 spiro atoms. The van der Waals surface area contributed by atoms with Crippen LogP contribution in [0.4, 0.5) is 0 Å². The van der Waals surface area contributed by atoms with Gasteiger partial charge in [0, 0.05) is 0 Å². The van der Waals surface area contributed by atoms with Crippen molar-refractivity contribution < 1.29 is 4.79 Å². The SMILES string of the molecule is C=CCN1C[C@@H](C)[C@H]([CH2][Sn]([CH3])([CH3])[CH3])C1=O. The number of carbonyl (C=O) groups is 1. The summed E-state index contributed by atoms with van der Waals surface area (Å²) in [6.45, 7) is 7.56. The van der Waals surface area contributed by atoms with Crippen LogP contribution in [-0.2, 0) is 4.79 Å². The van der Waals surface area contributed by atoms with Crippen molar-refractivity contribution in [2.45, 2.75) is 26.2 Å². The fraction of sp³-hybridized carbons (Fsp3) is 0.750. The molecule has 1 fully saturated rings. The summed E-state index contributed by atoms with van der Waals surface area (Å²) in [5.41, 5.74) is 0. The van der Waals surface area contributed by atoms with E-state index in [1.807, 2.05) is 11.0 Å². The third-order valence-corrected chi connectivity index (χ3v) is 7.76. The van der Waals surface area contributed by atoms with Gasteiger partial charge in [-0.1, -0.05) is 0 Å². The molecule has 1 saturated heterocycles.